The average molecular weight is 260 g/mol. The molecule has 1 heterocycles. The molecule has 0 aliphatic heterocycles. The van der Waals surface area contributed by atoms with Gasteiger partial charge in [-0.05, 0) is 52.7 Å². The Morgan fingerprint density at radius 2 is 2.31 bits per heavy atom. The van der Waals surface area contributed by atoms with E-state index in [0.717, 1.165) is 6.42 Å². The lowest BCUT2D eigenvalue weighted by Gasteiger charge is -2.40. The van der Waals surface area contributed by atoms with Gasteiger partial charge in [-0.3, -0.25) is 0 Å². The molecule has 3 unspecified atom stereocenters. The van der Waals surface area contributed by atoms with Crippen LogP contribution < -0.4 is 5.73 Å². The topological polar surface area (TPSA) is 26.0 Å². The average Bonchev–Trinajstić information content (AvgIpc) is 2.40. The van der Waals surface area contributed by atoms with Crippen molar-refractivity contribution in [3.63, 3.8) is 0 Å². The Kier molecular flexibility index (Phi) is 2.51. The Labute approximate surface area is 91.5 Å². The van der Waals surface area contributed by atoms with E-state index in [2.05, 4.69) is 35.8 Å². The third kappa shape index (κ3) is 1.58. The standard InChI is InChI=1S/C10H14BrNS/c1-5-7(3-9(5)12)8-4-10(11)13-6(8)2/h4-5,7,9H,3,12H2,1-2H3. The fourth-order valence-corrected chi connectivity index (χ4v) is 3.84. The summed E-state index contributed by atoms with van der Waals surface area (Å²) >= 11 is 5.35. The highest BCUT2D eigenvalue weighted by Crippen LogP contribution is 2.45. The van der Waals surface area contributed by atoms with Gasteiger partial charge >= 0.3 is 0 Å². The van der Waals surface area contributed by atoms with Gasteiger partial charge in [0.05, 0.1) is 3.79 Å². The van der Waals surface area contributed by atoms with E-state index in [1.54, 1.807) is 0 Å². The summed E-state index contributed by atoms with van der Waals surface area (Å²) in [6.07, 6.45) is 1.16. The van der Waals surface area contributed by atoms with E-state index in [0.29, 0.717) is 17.9 Å². The molecule has 2 rings (SSSR count). The first kappa shape index (κ1) is 9.69. The zero-order valence-electron chi connectivity index (χ0n) is 7.88. The molecular weight excluding hydrogens is 246 g/mol. The fourth-order valence-electron chi connectivity index (χ4n) is 2.06. The SMILES string of the molecule is Cc1sc(Br)cc1C1CC(N)C1C. The minimum absolute atomic E-state index is 0.420. The van der Waals surface area contributed by atoms with Gasteiger partial charge in [0, 0.05) is 10.9 Å². The van der Waals surface area contributed by atoms with Crippen molar-refractivity contribution >= 4 is 27.3 Å². The van der Waals surface area contributed by atoms with Crippen LogP contribution in [-0.4, -0.2) is 6.04 Å². The molecule has 1 nitrogen and oxygen atoms in total. The summed E-state index contributed by atoms with van der Waals surface area (Å²) < 4.78 is 1.24. The predicted octanol–water partition coefficient (Wildman–Crippen LogP) is 3.27. The van der Waals surface area contributed by atoms with E-state index in [1.165, 1.54) is 14.2 Å². The van der Waals surface area contributed by atoms with Crippen LogP contribution in [0.3, 0.4) is 0 Å². The van der Waals surface area contributed by atoms with Crippen LogP contribution in [0.1, 0.15) is 29.7 Å². The Bertz CT molecular complexity index is 321. The molecule has 1 aliphatic rings. The Balaban J connectivity index is 2.22. The predicted molar refractivity (Wildman–Crippen MR) is 61.3 cm³/mol. The quantitative estimate of drug-likeness (QED) is 0.824. The smallest absolute Gasteiger partial charge is 0.0704 e. The second-order valence-electron chi connectivity index (χ2n) is 3.93. The molecule has 3 atom stereocenters. The van der Waals surface area contributed by atoms with Crippen LogP contribution >= 0.6 is 27.3 Å². The van der Waals surface area contributed by atoms with Gasteiger partial charge in [-0.2, -0.15) is 0 Å². The van der Waals surface area contributed by atoms with Crippen molar-refractivity contribution in [3.05, 3.63) is 20.3 Å². The monoisotopic (exact) mass is 259 g/mol. The molecule has 3 heteroatoms. The summed E-state index contributed by atoms with van der Waals surface area (Å²) in [6, 6.07) is 2.68. The van der Waals surface area contributed by atoms with Crippen molar-refractivity contribution in [2.45, 2.75) is 32.2 Å². The van der Waals surface area contributed by atoms with Gasteiger partial charge in [0.1, 0.15) is 0 Å². The maximum Gasteiger partial charge on any atom is 0.0704 e. The molecule has 1 fully saturated rings. The van der Waals surface area contributed by atoms with Crippen LogP contribution in [0.4, 0.5) is 0 Å². The molecule has 1 aliphatic carbocycles. The van der Waals surface area contributed by atoms with Crippen molar-refractivity contribution in [1.29, 1.82) is 0 Å². The second-order valence-corrected chi connectivity index (χ2v) is 6.56. The molecule has 72 valence electrons. The molecule has 1 saturated carbocycles. The number of halogens is 1. The van der Waals surface area contributed by atoms with Gasteiger partial charge in [0.15, 0.2) is 0 Å². The first-order valence-corrected chi connectivity index (χ1v) is 6.22. The Morgan fingerprint density at radius 3 is 2.69 bits per heavy atom. The van der Waals surface area contributed by atoms with E-state index in [-0.39, 0.29) is 0 Å². The van der Waals surface area contributed by atoms with E-state index < -0.39 is 0 Å². The lowest BCUT2D eigenvalue weighted by atomic mass is 9.67. The third-order valence-electron chi connectivity index (χ3n) is 3.16. The fraction of sp³-hybridized carbons (Fsp3) is 0.600. The van der Waals surface area contributed by atoms with Crippen molar-refractivity contribution in [2.24, 2.45) is 11.7 Å². The molecule has 0 saturated heterocycles. The summed E-state index contributed by atoms with van der Waals surface area (Å²) in [5.41, 5.74) is 7.40. The normalized spacial score (nSPS) is 33.1. The number of nitrogens with two attached hydrogens (primary N) is 1. The summed E-state index contributed by atoms with van der Waals surface area (Å²) in [7, 11) is 0. The van der Waals surface area contributed by atoms with E-state index in [1.807, 2.05) is 11.3 Å². The molecule has 1 aromatic rings. The van der Waals surface area contributed by atoms with Crippen molar-refractivity contribution in [1.82, 2.24) is 0 Å². The zero-order chi connectivity index (χ0) is 9.59. The molecule has 2 N–H and O–H groups in total. The van der Waals surface area contributed by atoms with Crippen LogP contribution in [0.15, 0.2) is 9.85 Å². The maximum absolute atomic E-state index is 5.90. The van der Waals surface area contributed by atoms with Gasteiger partial charge in [-0.1, -0.05) is 6.92 Å². The molecule has 0 aromatic carbocycles. The van der Waals surface area contributed by atoms with Gasteiger partial charge in [0.25, 0.3) is 0 Å². The highest BCUT2D eigenvalue weighted by molar-refractivity contribution is 9.11. The van der Waals surface area contributed by atoms with Crippen LogP contribution in [0.25, 0.3) is 0 Å². The minimum atomic E-state index is 0.420. The second kappa shape index (κ2) is 3.37. The lowest BCUT2D eigenvalue weighted by Crippen LogP contribution is -2.44. The third-order valence-corrected chi connectivity index (χ3v) is 4.73. The van der Waals surface area contributed by atoms with Gasteiger partial charge < -0.3 is 5.73 Å². The summed E-state index contributed by atoms with van der Waals surface area (Å²) in [4.78, 5) is 1.44. The summed E-state index contributed by atoms with van der Waals surface area (Å²) in [6.45, 7) is 4.45. The number of thiophene rings is 1. The molecule has 0 bridgehead atoms. The summed E-state index contributed by atoms with van der Waals surface area (Å²) in [5.74, 6) is 1.36. The van der Waals surface area contributed by atoms with E-state index >= 15 is 0 Å². The maximum atomic E-state index is 5.90. The van der Waals surface area contributed by atoms with Crippen LogP contribution in [0, 0.1) is 12.8 Å². The number of hydrogen-bond acceptors (Lipinski definition) is 2. The lowest BCUT2D eigenvalue weighted by molar-refractivity contribution is 0.226. The number of rotatable bonds is 1. The largest absolute Gasteiger partial charge is 0.327 e. The Morgan fingerprint density at radius 1 is 1.62 bits per heavy atom. The van der Waals surface area contributed by atoms with Crippen molar-refractivity contribution in [2.75, 3.05) is 0 Å². The first-order valence-electron chi connectivity index (χ1n) is 4.61. The molecule has 0 amide bonds. The molecule has 13 heavy (non-hydrogen) atoms. The highest BCUT2D eigenvalue weighted by atomic mass is 79.9. The van der Waals surface area contributed by atoms with Gasteiger partial charge in [-0.25, -0.2) is 0 Å². The number of hydrogen-bond donors (Lipinski definition) is 1. The zero-order valence-corrected chi connectivity index (χ0v) is 10.3. The minimum Gasteiger partial charge on any atom is -0.327 e. The molecule has 0 spiro atoms. The Hall–Kier alpha value is 0.140. The van der Waals surface area contributed by atoms with Crippen LogP contribution in [0.5, 0.6) is 0 Å². The van der Waals surface area contributed by atoms with Crippen LogP contribution in [0.2, 0.25) is 0 Å². The first-order chi connectivity index (χ1) is 6.09. The molecule has 1 aromatic heterocycles. The highest BCUT2D eigenvalue weighted by Gasteiger charge is 2.37. The van der Waals surface area contributed by atoms with E-state index in [4.69, 9.17) is 5.73 Å². The van der Waals surface area contributed by atoms with Crippen molar-refractivity contribution < 1.29 is 0 Å². The molecular formula is C10H14BrNS. The number of aryl methyl sites for hydroxylation is 1. The van der Waals surface area contributed by atoms with Crippen LogP contribution in [-0.2, 0) is 0 Å². The molecule has 0 radical (unpaired) electrons. The van der Waals surface area contributed by atoms with Gasteiger partial charge in [0.2, 0.25) is 0 Å². The summed E-state index contributed by atoms with van der Waals surface area (Å²) in [5, 5.41) is 0. The van der Waals surface area contributed by atoms with Crippen molar-refractivity contribution in [3.8, 4) is 0 Å². The van der Waals surface area contributed by atoms with Gasteiger partial charge in [-0.15, -0.1) is 11.3 Å². The van der Waals surface area contributed by atoms with E-state index in [9.17, 15) is 0 Å².